The van der Waals surface area contributed by atoms with Gasteiger partial charge in [0.25, 0.3) is 0 Å². The van der Waals surface area contributed by atoms with Gasteiger partial charge in [-0.1, -0.05) is 11.6 Å². The number of carbonyl (C=O) groups excluding carboxylic acids is 1. The normalized spacial score (nSPS) is 10.2. The molecule has 0 aliphatic heterocycles. The van der Waals surface area contributed by atoms with Crippen LogP contribution in [-0.4, -0.2) is 10.8 Å². The molecule has 86 valence electrons. The molecule has 0 aliphatic carbocycles. The standard InChI is InChI=1S/C12H8ClFN2O/c13-7-1-2-8(10(14)5-7)12(17)9-6-16-4-3-11(9)15/h1-6H,(H2,15,16). The number of ketones is 1. The van der Waals surface area contributed by atoms with Crippen molar-refractivity contribution in [3.8, 4) is 0 Å². The second kappa shape index (κ2) is 4.51. The lowest BCUT2D eigenvalue weighted by Crippen LogP contribution is -2.07. The number of carbonyl (C=O) groups is 1. The molecule has 0 saturated heterocycles. The predicted molar refractivity (Wildman–Crippen MR) is 63.5 cm³/mol. The molecule has 0 aliphatic rings. The summed E-state index contributed by atoms with van der Waals surface area (Å²) in [5.41, 5.74) is 5.99. The third-order valence-electron chi connectivity index (χ3n) is 2.28. The van der Waals surface area contributed by atoms with Crippen molar-refractivity contribution in [2.45, 2.75) is 0 Å². The van der Waals surface area contributed by atoms with Gasteiger partial charge < -0.3 is 5.73 Å². The van der Waals surface area contributed by atoms with E-state index in [4.69, 9.17) is 17.3 Å². The van der Waals surface area contributed by atoms with Crippen molar-refractivity contribution in [2.24, 2.45) is 0 Å². The van der Waals surface area contributed by atoms with Gasteiger partial charge in [0, 0.05) is 23.1 Å². The molecular weight excluding hydrogens is 243 g/mol. The van der Waals surface area contributed by atoms with Crippen LogP contribution in [0.15, 0.2) is 36.7 Å². The molecule has 1 aromatic heterocycles. The van der Waals surface area contributed by atoms with Crippen molar-refractivity contribution in [2.75, 3.05) is 5.73 Å². The molecule has 1 heterocycles. The van der Waals surface area contributed by atoms with Crippen LogP contribution in [0.25, 0.3) is 0 Å². The molecule has 2 rings (SSSR count). The Balaban J connectivity index is 2.48. The lowest BCUT2D eigenvalue weighted by molar-refractivity contribution is 0.103. The van der Waals surface area contributed by atoms with Gasteiger partial charge in [-0.2, -0.15) is 0 Å². The van der Waals surface area contributed by atoms with E-state index in [1.807, 2.05) is 0 Å². The maximum atomic E-state index is 13.6. The number of nitrogens with two attached hydrogens (primary N) is 1. The number of anilines is 1. The van der Waals surface area contributed by atoms with Crippen LogP contribution in [0.1, 0.15) is 15.9 Å². The molecule has 0 unspecified atom stereocenters. The molecule has 5 heteroatoms. The smallest absolute Gasteiger partial charge is 0.199 e. The summed E-state index contributed by atoms with van der Waals surface area (Å²) < 4.78 is 13.6. The van der Waals surface area contributed by atoms with E-state index in [0.717, 1.165) is 6.07 Å². The Bertz CT molecular complexity index is 586. The monoisotopic (exact) mass is 250 g/mol. The summed E-state index contributed by atoms with van der Waals surface area (Å²) in [6.07, 6.45) is 2.77. The summed E-state index contributed by atoms with van der Waals surface area (Å²) in [6.45, 7) is 0. The first-order valence-corrected chi connectivity index (χ1v) is 5.16. The van der Waals surface area contributed by atoms with Crippen LogP contribution >= 0.6 is 11.6 Å². The van der Waals surface area contributed by atoms with E-state index < -0.39 is 11.6 Å². The Kier molecular flexibility index (Phi) is 3.06. The minimum absolute atomic E-state index is 0.0749. The number of nitrogens with zero attached hydrogens (tertiary/aromatic N) is 1. The molecule has 17 heavy (non-hydrogen) atoms. The minimum Gasteiger partial charge on any atom is -0.398 e. The largest absolute Gasteiger partial charge is 0.398 e. The zero-order chi connectivity index (χ0) is 12.4. The fourth-order valence-corrected chi connectivity index (χ4v) is 1.57. The lowest BCUT2D eigenvalue weighted by Gasteiger charge is -2.05. The van der Waals surface area contributed by atoms with Crippen LogP contribution in [0.2, 0.25) is 5.02 Å². The maximum Gasteiger partial charge on any atom is 0.199 e. The van der Waals surface area contributed by atoms with Crippen LogP contribution in [0.3, 0.4) is 0 Å². The van der Waals surface area contributed by atoms with Gasteiger partial charge in [0.05, 0.1) is 11.1 Å². The van der Waals surface area contributed by atoms with E-state index in [0.29, 0.717) is 0 Å². The molecule has 3 nitrogen and oxygen atoms in total. The minimum atomic E-state index is -0.675. The van der Waals surface area contributed by atoms with E-state index in [9.17, 15) is 9.18 Å². The van der Waals surface area contributed by atoms with Gasteiger partial charge in [-0.3, -0.25) is 9.78 Å². The molecule has 0 spiro atoms. The quantitative estimate of drug-likeness (QED) is 0.834. The molecular formula is C12H8ClFN2O. The summed E-state index contributed by atoms with van der Waals surface area (Å²) in [5.74, 6) is -1.18. The molecule has 0 fully saturated rings. The zero-order valence-electron chi connectivity index (χ0n) is 8.65. The molecule has 0 amide bonds. The fourth-order valence-electron chi connectivity index (χ4n) is 1.41. The first kappa shape index (κ1) is 11.5. The third kappa shape index (κ3) is 2.26. The topological polar surface area (TPSA) is 56.0 Å². The average Bonchev–Trinajstić information content (AvgIpc) is 2.29. The molecule has 0 atom stereocenters. The summed E-state index contributed by atoms with van der Waals surface area (Å²) in [4.78, 5) is 15.8. The fraction of sp³-hybridized carbons (Fsp3) is 0. The van der Waals surface area contributed by atoms with E-state index >= 15 is 0 Å². The van der Waals surface area contributed by atoms with E-state index in [-0.39, 0.29) is 21.8 Å². The van der Waals surface area contributed by atoms with Gasteiger partial charge in [-0.05, 0) is 24.3 Å². The zero-order valence-corrected chi connectivity index (χ0v) is 9.41. The maximum absolute atomic E-state index is 13.6. The Morgan fingerprint density at radius 2 is 2.06 bits per heavy atom. The summed E-state index contributed by atoms with van der Waals surface area (Å²) >= 11 is 5.61. The van der Waals surface area contributed by atoms with Crippen LogP contribution in [0.5, 0.6) is 0 Å². The molecule has 0 radical (unpaired) electrons. The highest BCUT2D eigenvalue weighted by Gasteiger charge is 2.16. The highest BCUT2D eigenvalue weighted by Crippen LogP contribution is 2.20. The van der Waals surface area contributed by atoms with E-state index in [1.165, 1.54) is 30.6 Å². The number of aromatic nitrogens is 1. The van der Waals surface area contributed by atoms with Crippen LogP contribution in [-0.2, 0) is 0 Å². The van der Waals surface area contributed by atoms with Crippen molar-refractivity contribution >= 4 is 23.1 Å². The van der Waals surface area contributed by atoms with Crippen molar-refractivity contribution < 1.29 is 9.18 Å². The number of benzene rings is 1. The Morgan fingerprint density at radius 3 is 2.71 bits per heavy atom. The summed E-state index contributed by atoms with van der Waals surface area (Å²) in [5, 5.41) is 0.234. The van der Waals surface area contributed by atoms with Crippen molar-refractivity contribution in [3.63, 3.8) is 0 Å². The number of hydrogen-bond donors (Lipinski definition) is 1. The van der Waals surface area contributed by atoms with E-state index in [1.54, 1.807) is 0 Å². The third-order valence-corrected chi connectivity index (χ3v) is 2.51. The van der Waals surface area contributed by atoms with Gasteiger partial charge in [-0.15, -0.1) is 0 Å². The molecule has 1 aromatic carbocycles. The van der Waals surface area contributed by atoms with E-state index in [2.05, 4.69) is 4.98 Å². The second-order valence-corrected chi connectivity index (χ2v) is 3.85. The number of rotatable bonds is 2. The number of nitrogen functional groups attached to an aromatic ring is 1. The van der Waals surface area contributed by atoms with Crippen molar-refractivity contribution in [1.29, 1.82) is 0 Å². The first-order valence-electron chi connectivity index (χ1n) is 4.79. The highest BCUT2D eigenvalue weighted by atomic mass is 35.5. The molecule has 0 saturated carbocycles. The van der Waals surface area contributed by atoms with Gasteiger partial charge in [0.15, 0.2) is 5.78 Å². The van der Waals surface area contributed by atoms with Crippen LogP contribution < -0.4 is 5.73 Å². The van der Waals surface area contributed by atoms with Gasteiger partial charge in [0.1, 0.15) is 5.82 Å². The summed E-state index contributed by atoms with van der Waals surface area (Å²) in [6, 6.07) is 5.35. The SMILES string of the molecule is Nc1ccncc1C(=O)c1ccc(Cl)cc1F. The molecule has 0 bridgehead atoms. The Morgan fingerprint density at radius 1 is 1.29 bits per heavy atom. The summed E-state index contributed by atoms with van der Waals surface area (Å²) in [7, 11) is 0. The van der Waals surface area contributed by atoms with Crippen LogP contribution in [0, 0.1) is 5.82 Å². The number of hydrogen-bond acceptors (Lipinski definition) is 3. The van der Waals surface area contributed by atoms with Gasteiger partial charge in [-0.25, -0.2) is 4.39 Å². The average molecular weight is 251 g/mol. The highest BCUT2D eigenvalue weighted by molar-refractivity contribution is 6.30. The number of pyridine rings is 1. The molecule has 2 N–H and O–H groups in total. The molecule has 2 aromatic rings. The van der Waals surface area contributed by atoms with Gasteiger partial charge in [0.2, 0.25) is 0 Å². The van der Waals surface area contributed by atoms with Crippen molar-refractivity contribution in [3.05, 3.63) is 58.6 Å². The second-order valence-electron chi connectivity index (χ2n) is 3.42. The van der Waals surface area contributed by atoms with Crippen molar-refractivity contribution in [1.82, 2.24) is 4.98 Å². The predicted octanol–water partition coefficient (Wildman–Crippen LogP) is 2.69. The van der Waals surface area contributed by atoms with Gasteiger partial charge >= 0.3 is 0 Å². The van der Waals surface area contributed by atoms with Crippen LogP contribution in [0.4, 0.5) is 10.1 Å². The number of halogens is 2. The Hall–Kier alpha value is -1.94. The first-order chi connectivity index (χ1) is 8.09. The lowest BCUT2D eigenvalue weighted by atomic mass is 10.0. The Labute approximate surface area is 102 Å².